The van der Waals surface area contributed by atoms with E-state index in [1.165, 1.54) is 10.7 Å². The molecule has 0 unspecified atom stereocenters. The maximum atomic E-state index is 12.4. The molecule has 9 heteroatoms. The maximum absolute atomic E-state index is 12.4. The maximum Gasteiger partial charge on any atom is 0.433 e. The number of nitrogens with two attached hydrogens (primary N) is 1. The van der Waals surface area contributed by atoms with Gasteiger partial charge in [-0.25, -0.2) is 4.68 Å². The number of hydrogen-bond donors (Lipinski definition) is 1. The zero-order valence-electron chi connectivity index (χ0n) is 10.4. The van der Waals surface area contributed by atoms with Gasteiger partial charge in [-0.3, -0.25) is 4.98 Å². The molecule has 2 rings (SSSR count). The highest BCUT2D eigenvalue weighted by Crippen LogP contribution is 2.27. The Labute approximate surface area is 116 Å². The molecule has 0 spiro atoms. The van der Waals surface area contributed by atoms with Crippen LogP contribution in [0.4, 0.5) is 19.0 Å². The first-order valence-corrected chi connectivity index (χ1v) is 5.55. The second-order valence-corrected chi connectivity index (χ2v) is 4.04. The lowest BCUT2D eigenvalue weighted by atomic mass is 10.2. The minimum absolute atomic E-state index is 0.00727. The Balaban J connectivity index is 2.30. The Hall–Kier alpha value is -3.07. The summed E-state index contributed by atoms with van der Waals surface area (Å²) in [6.07, 6.45) is -3.47. The molecule has 0 atom stereocenters. The highest BCUT2D eigenvalue weighted by molar-refractivity contribution is 5.56. The van der Waals surface area contributed by atoms with E-state index in [0.717, 1.165) is 12.3 Å². The van der Waals surface area contributed by atoms with Crippen LogP contribution < -0.4 is 5.73 Å². The molecule has 0 amide bonds. The summed E-state index contributed by atoms with van der Waals surface area (Å²) >= 11 is 0. The molecule has 2 N–H and O–H groups in total. The summed E-state index contributed by atoms with van der Waals surface area (Å²) in [5, 5.41) is 21.5. The Morgan fingerprint density at radius 3 is 2.38 bits per heavy atom. The van der Waals surface area contributed by atoms with Crippen molar-refractivity contribution in [2.45, 2.75) is 12.7 Å². The van der Waals surface area contributed by atoms with Crippen molar-refractivity contribution in [3.05, 3.63) is 40.8 Å². The van der Waals surface area contributed by atoms with Gasteiger partial charge in [-0.1, -0.05) is 6.07 Å². The molecule has 0 radical (unpaired) electrons. The van der Waals surface area contributed by atoms with Gasteiger partial charge in [-0.05, 0) is 11.6 Å². The molecular weight excluding hydrogens is 285 g/mol. The van der Waals surface area contributed by atoms with Crippen LogP contribution in [0.1, 0.15) is 22.5 Å². The molecule has 0 aliphatic rings. The summed E-state index contributed by atoms with van der Waals surface area (Å²) < 4.78 is 38.3. The third-order valence-corrected chi connectivity index (χ3v) is 2.66. The van der Waals surface area contributed by atoms with Crippen molar-refractivity contribution in [3.63, 3.8) is 0 Å². The molecule has 0 fully saturated rings. The summed E-state index contributed by atoms with van der Waals surface area (Å²) in [7, 11) is 0. The smallest absolute Gasteiger partial charge is 0.383 e. The lowest BCUT2D eigenvalue weighted by Gasteiger charge is -2.07. The van der Waals surface area contributed by atoms with E-state index in [1.807, 2.05) is 0 Å². The lowest BCUT2D eigenvalue weighted by Crippen LogP contribution is -2.10. The number of nitrogen functional groups attached to an aromatic ring is 1. The quantitative estimate of drug-likeness (QED) is 0.906. The van der Waals surface area contributed by atoms with Crippen LogP contribution in [0.5, 0.6) is 0 Å². The third-order valence-electron chi connectivity index (χ3n) is 2.66. The second kappa shape index (κ2) is 5.13. The number of alkyl halides is 3. The number of nitrogens with zero attached hydrogens (tertiary/aromatic N) is 5. The van der Waals surface area contributed by atoms with Crippen molar-refractivity contribution >= 4 is 5.82 Å². The fourth-order valence-corrected chi connectivity index (χ4v) is 1.64. The zero-order chi connectivity index (χ0) is 15.6. The van der Waals surface area contributed by atoms with E-state index in [1.54, 1.807) is 12.1 Å². The highest BCUT2D eigenvalue weighted by Gasteiger charge is 2.32. The summed E-state index contributed by atoms with van der Waals surface area (Å²) in [4.78, 5) is 3.31. The molecule has 0 aromatic carbocycles. The summed E-state index contributed by atoms with van der Waals surface area (Å²) in [6.45, 7) is 0.00727. The van der Waals surface area contributed by atoms with Crippen LogP contribution in [0.15, 0.2) is 18.3 Å². The topological polar surface area (TPSA) is 104 Å². The average Bonchev–Trinajstić information content (AvgIpc) is 2.74. The highest BCUT2D eigenvalue weighted by atomic mass is 19.4. The summed E-state index contributed by atoms with van der Waals surface area (Å²) in [5.41, 5.74) is 4.88. The molecule has 6 nitrogen and oxygen atoms in total. The van der Waals surface area contributed by atoms with Gasteiger partial charge in [-0.2, -0.15) is 28.8 Å². The number of anilines is 1. The van der Waals surface area contributed by atoms with Crippen molar-refractivity contribution in [1.29, 1.82) is 10.5 Å². The van der Waals surface area contributed by atoms with Crippen LogP contribution >= 0.6 is 0 Å². The van der Waals surface area contributed by atoms with E-state index in [2.05, 4.69) is 10.1 Å². The Morgan fingerprint density at radius 2 is 1.95 bits per heavy atom. The van der Waals surface area contributed by atoms with E-state index in [-0.39, 0.29) is 23.6 Å². The molecule has 106 valence electrons. The van der Waals surface area contributed by atoms with Gasteiger partial charge in [0.2, 0.25) is 0 Å². The van der Waals surface area contributed by atoms with Gasteiger partial charge in [0.25, 0.3) is 0 Å². The van der Waals surface area contributed by atoms with Crippen LogP contribution in [0.25, 0.3) is 0 Å². The molecule has 2 aromatic rings. The Kier molecular flexibility index (Phi) is 3.51. The minimum Gasteiger partial charge on any atom is -0.383 e. The molecule has 0 saturated heterocycles. The molecule has 2 heterocycles. The number of nitriles is 2. The number of rotatable bonds is 2. The van der Waals surface area contributed by atoms with Gasteiger partial charge < -0.3 is 5.73 Å². The van der Waals surface area contributed by atoms with E-state index >= 15 is 0 Å². The van der Waals surface area contributed by atoms with Crippen LogP contribution in [-0.4, -0.2) is 14.8 Å². The van der Waals surface area contributed by atoms with Crippen molar-refractivity contribution in [3.8, 4) is 12.1 Å². The molecule has 0 bridgehead atoms. The monoisotopic (exact) mass is 292 g/mol. The molecule has 0 aliphatic carbocycles. The molecule has 0 saturated carbocycles. The van der Waals surface area contributed by atoms with E-state index in [9.17, 15) is 13.2 Å². The molecule has 21 heavy (non-hydrogen) atoms. The van der Waals surface area contributed by atoms with Gasteiger partial charge in [0, 0.05) is 6.20 Å². The molecule has 2 aromatic heterocycles. The number of halogens is 3. The lowest BCUT2D eigenvalue weighted by molar-refractivity contribution is -0.141. The predicted molar refractivity (Wildman–Crippen MR) is 64.4 cm³/mol. The van der Waals surface area contributed by atoms with Crippen molar-refractivity contribution < 1.29 is 13.2 Å². The zero-order valence-corrected chi connectivity index (χ0v) is 10.4. The summed E-state index contributed by atoms with van der Waals surface area (Å²) in [5.74, 6) is -0.0195. The normalized spacial score (nSPS) is 10.9. The first kappa shape index (κ1) is 14.3. The number of hydrogen-bond acceptors (Lipinski definition) is 5. The van der Waals surface area contributed by atoms with Crippen LogP contribution in [0, 0.1) is 22.7 Å². The largest absolute Gasteiger partial charge is 0.433 e. The van der Waals surface area contributed by atoms with Crippen LogP contribution in [0.3, 0.4) is 0 Å². The van der Waals surface area contributed by atoms with Crippen molar-refractivity contribution in [1.82, 2.24) is 14.8 Å². The van der Waals surface area contributed by atoms with Gasteiger partial charge in [0.15, 0.2) is 5.69 Å². The van der Waals surface area contributed by atoms with Crippen LogP contribution in [-0.2, 0) is 12.7 Å². The average molecular weight is 292 g/mol. The number of aromatic nitrogens is 3. The Bertz CT molecular complexity index is 746. The molecule has 0 aliphatic heterocycles. The SMILES string of the molecule is N#Cc1nn(Cc2ccc(C(F)(F)F)nc2)c(N)c1C#N. The van der Waals surface area contributed by atoms with E-state index in [4.69, 9.17) is 16.3 Å². The number of pyridine rings is 1. The van der Waals surface area contributed by atoms with Crippen LogP contribution in [0.2, 0.25) is 0 Å². The van der Waals surface area contributed by atoms with Gasteiger partial charge in [-0.15, -0.1) is 0 Å². The van der Waals surface area contributed by atoms with Crippen molar-refractivity contribution in [2.75, 3.05) is 5.73 Å². The third kappa shape index (κ3) is 2.77. The van der Waals surface area contributed by atoms with E-state index in [0.29, 0.717) is 5.56 Å². The van der Waals surface area contributed by atoms with Gasteiger partial charge in [0.1, 0.15) is 29.2 Å². The van der Waals surface area contributed by atoms with Gasteiger partial charge >= 0.3 is 6.18 Å². The predicted octanol–water partition coefficient (Wildman–Crippen LogP) is 1.67. The molecular formula is C12H7F3N6. The Morgan fingerprint density at radius 1 is 1.24 bits per heavy atom. The van der Waals surface area contributed by atoms with Crippen molar-refractivity contribution in [2.24, 2.45) is 0 Å². The van der Waals surface area contributed by atoms with E-state index < -0.39 is 11.9 Å². The second-order valence-electron chi connectivity index (χ2n) is 4.04. The van der Waals surface area contributed by atoms with Gasteiger partial charge in [0.05, 0.1) is 6.54 Å². The standard InChI is InChI=1S/C12H7F3N6/c13-12(14,15)10-2-1-7(5-19-10)6-21-11(18)8(3-16)9(4-17)20-21/h1-2,5H,6,18H2. The minimum atomic E-state index is -4.51. The first-order valence-electron chi connectivity index (χ1n) is 5.55. The fourth-order valence-electron chi connectivity index (χ4n) is 1.64. The first-order chi connectivity index (χ1) is 9.86. The fraction of sp³-hybridized carbons (Fsp3) is 0.167. The summed E-state index contributed by atoms with van der Waals surface area (Å²) in [6, 6.07) is 5.55.